The summed E-state index contributed by atoms with van der Waals surface area (Å²) in [4.78, 5) is 51.0. The number of alkyl carbamates (subject to hydrolysis) is 1. The van der Waals surface area contributed by atoms with Crippen molar-refractivity contribution in [3.05, 3.63) is 30.0 Å². The Hall–Kier alpha value is -3.83. The molecule has 0 radical (unpaired) electrons. The van der Waals surface area contributed by atoms with Crippen molar-refractivity contribution in [2.75, 3.05) is 17.2 Å². The number of anilines is 2. The van der Waals surface area contributed by atoms with E-state index in [2.05, 4.69) is 20.9 Å². The molecule has 0 saturated carbocycles. The Balaban J connectivity index is 1.91. The van der Waals surface area contributed by atoms with Crippen molar-refractivity contribution in [1.82, 2.24) is 19.4 Å². The van der Waals surface area contributed by atoms with Crippen LogP contribution in [-0.4, -0.2) is 55.2 Å². The van der Waals surface area contributed by atoms with Crippen molar-refractivity contribution in [2.24, 2.45) is 14.1 Å². The lowest BCUT2D eigenvalue weighted by atomic mass is 10.2. The molecule has 2 rings (SSSR count). The third-order valence-electron chi connectivity index (χ3n) is 3.85. The Kier molecular flexibility index (Phi) is 7.05. The zero-order valence-corrected chi connectivity index (χ0v) is 18.0. The van der Waals surface area contributed by atoms with E-state index in [-0.39, 0.29) is 36.2 Å². The number of rotatable bonds is 7. The zero-order chi connectivity index (χ0) is 23.3. The lowest BCUT2D eigenvalue weighted by Crippen LogP contribution is -2.34. The number of carbonyl (C=O) groups is 4. The highest BCUT2D eigenvalue weighted by atomic mass is 16.6. The van der Waals surface area contributed by atoms with E-state index < -0.39 is 23.6 Å². The van der Waals surface area contributed by atoms with Crippen LogP contribution in [0.1, 0.15) is 48.3 Å². The van der Waals surface area contributed by atoms with Crippen LogP contribution in [-0.2, 0) is 23.6 Å². The van der Waals surface area contributed by atoms with Gasteiger partial charge in [-0.05, 0) is 26.8 Å². The molecule has 0 atom stereocenters. The van der Waals surface area contributed by atoms with Crippen LogP contribution in [0.4, 0.5) is 16.3 Å². The molecule has 168 valence electrons. The minimum atomic E-state index is -1.21. The fourth-order valence-corrected chi connectivity index (χ4v) is 2.58. The molecule has 0 spiro atoms. The summed E-state index contributed by atoms with van der Waals surface area (Å²) >= 11 is 0. The summed E-state index contributed by atoms with van der Waals surface area (Å²) in [7, 11) is 3.12. The van der Waals surface area contributed by atoms with Crippen LogP contribution in [0.3, 0.4) is 0 Å². The van der Waals surface area contributed by atoms with Gasteiger partial charge in [0.2, 0.25) is 11.7 Å². The number of hydrogen-bond acceptors (Lipinski definition) is 6. The van der Waals surface area contributed by atoms with Crippen LogP contribution in [0.25, 0.3) is 0 Å². The van der Waals surface area contributed by atoms with Crippen molar-refractivity contribution in [3.8, 4) is 0 Å². The lowest BCUT2D eigenvalue weighted by Gasteiger charge is -2.19. The summed E-state index contributed by atoms with van der Waals surface area (Å²) in [6, 6.07) is 1.47. The third-order valence-corrected chi connectivity index (χ3v) is 3.85. The maximum atomic E-state index is 12.5. The number of nitrogens with one attached hydrogen (secondary N) is 3. The van der Waals surface area contributed by atoms with Crippen LogP contribution < -0.4 is 16.0 Å². The van der Waals surface area contributed by atoms with Crippen molar-refractivity contribution >= 4 is 35.4 Å². The molecule has 0 fully saturated rings. The smallest absolute Gasteiger partial charge is 0.407 e. The quantitative estimate of drug-likeness (QED) is 0.515. The number of aromatic carboxylic acids is 1. The SMILES string of the molecule is Cn1cc(NC(=O)CCNC(=O)OC(C)(C)C)cc1C(=O)Nc1cn(C)c(C(=O)O)n1. The first-order valence-corrected chi connectivity index (χ1v) is 9.37. The second-order valence-electron chi connectivity index (χ2n) is 7.77. The first kappa shape index (κ1) is 23.4. The van der Waals surface area contributed by atoms with Gasteiger partial charge in [0.15, 0.2) is 5.82 Å². The Morgan fingerprint density at radius 1 is 1.10 bits per heavy atom. The summed E-state index contributed by atoms with van der Waals surface area (Å²) < 4.78 is 7.87. The maximum Gasteiger partial charge on any atom is 0.407 e. The summed E-state index contributed by atoms with van der Waals surface area (Å²) in [6.07, 6.45) is 2.33. The van der Waals surface area contributed by atoms with E-state index >= 15 is 0 Å². The van der Waals surface area contributed by atoms with Gasteiger partial charge in [-0.3, -0.25) is 9.59 Å². The molecular weight excluding hydrogens is 408 g/mol. The predicted molar refractivity (Wildman–Crippen MR) is 111 cm³/mol. The fraction of sp³-hybridized carbons (Fsp3) is 0.421. The van der Waals surface area contributed by atoms with E-state index in [1.807, 2.05) is 0 Å². The molecular formula is C19H26N6O6. The molecule has 0 aliphatic carbocycles. The van der Waals surface area contributed by atoms with E-state index in [1.54, 1.807) is 34.0 Å². The van der Waals surface area contributed by atoms with Crippen molar-refractivity contribution in [2.45, 2.75) is 32.8 Å². The van der Waals surface area contributed by atoms with Crippen LogP contribution in [0.5, 0.6) is 0 Å². The molecule has 0 aliphatic heterocycles. The number of carbonyl (C=O) groups excluding carboxylic acids is 3. The molecule has 2 heterocycles. The van der Waals surface area contributed by atoms with Crippen molar-refractivity contribution in [3.63, 3.8) is 0 Å². The molecule has 0 aliphatic rings. The monoisotopic (exact) mass is 434 g/mol. The molecule has 12 nitrogen and oxygen atoms in total. The molecule has 0 saturated heterocycles. The predicted octanol–water partition coefficient (Wildman–Crippen LogP) is 1.56. The fourth-order valence-electron chi connectivity index (χ4n) is 2.58. The average Bonchev–Trinajstić information content (AvgIpc) is 3.15. The topological polar surface area (TPSA) is 157 Å². The number of carboxylic acid groups (broad SMARTS) is 1. The molecule has 2 aromatic heterocycles. The summed E-state index contributed by atoms with van der Waals surface area (Å²) in [5.41, 5.74) is -0.00969. The first-order valence-electron chi connectivity index (χ1n) is 9.37. The molecule has 2 aromatic rings. The van der Waals surface area contributed by atoms with Gasteiger partial charge in [-0.15, -0.1) is 0 Å². The van der Waals surface area contributed by atoms with E-state index in [1.165, 1.54) is 28.4 Å². The molecule has 12 heteroatoms. The highest BCUT2D eigenvalue weighted by Gasteiger charge is 2.18. The second kappa shape index (κ2) is 9.32. The Labute approximate surface area is 178 Å². The van der Waals surface area contributed by atoms with Crippen molar-refractivity contribution in [1.29, 1.82) is 0 Å². The molecule has 0 unspecified atom stereocenters. The molecule has 0 aromatic carbocycles. The first-order chi connectivity index (χ1) is 14.4. The normalized spacial score (nSPS) is 11.0. The number of nitrogens with zero attached hydrogens (tertiary/aromatic N) is 3. The van der Waals surface area contributed by atoms with Gasteiger partial charge in [-0.1, -0.05) is 0 Å². The van der Waals surface area contributed by atoms with E-state index in [0.29, 0.717) is 5.69 Å². The second-order valence-corrected chi connectivity index (χ2v) is 7.77. The van der Waals surface area contributed by atoms with Gasteiger partial charge in [0.05, 0.1) is 5.69 Å². The largest absolute Gasteiger partial charge is 0.475 e. The van der Waals surface area contributed by atoms with Gasteiger partial charge < -0.3 is 34.9 Å². The number of aromatic nitrogens is 3. The van der Waals surface area contributed by atoms with Gasteiger partial charge in [-0.25, -0.2) is 14.6 Å². The number of ether oxygens (including phenoxy) is 1. The Morgan fingerprint density at radius 2 is 1.77 bits per heavy atom. The van der Waals surface area contributed by atoms with E-state index in [9.17, 15) is 19.2 Å². The summed E-state index contributed by atoms with van der Waals surface area (Å²) in [5.74, 6) is -2.22. The van der Waals surface area contributed by atoms with E-state index in [4.69, 9.17) is 9.84 Å². The van der Waals surface area contributed by atoms with Crippen LogP contribution in [0.2, 0.25) is 0 Å². The zero-order valence-electron chi connectivity index (χ0n) is 18.0. The summed E-state index contributed by atoms with van der Waals surface area (Å²) in [5, 5.41) is 16.7. The molecule has 4 N–H and O–H groups in total. The molecule has 0 bridgehead atoms. The number of amides is 3. The van der Waals surface area contributed by atoms with Crippen LogP contribution in [0.15, 0.2) is 18.5 Å². The van der Waals surface area contributed by atoms with Gasteiger partial charge in [0.25, 0.3) is 5.91 Å². The number of carboxylic acids is 1. The number of imidazole rings is 1. The average molecular weight is 434 g/mol. The van der Waals surface area contributed by atoms with Crippen LogP contribution >= 0.6 is 0 Å². The highest BCUT2D eigenvalue weighted by molar-refractivity contribution is 6.04. The van der Waals surface area contributed by atoms with Crippen LogP contribution in [0, 0.1) is 0 Å². The standard InChI is InChI=1S/C19H26N6O6/c1-19(2,3)31-18(30)20-7-6-14(26)21-11-8-12(24(4)9-11)16(27)23-13-10-25(5)15(22-13)17(28)29/h8-10H,6-7H2,1-5H3,(H,20,30)(H,21,26)(H,23,27)(H,28,29). The van der Waals surface area contributed by atoms with Gasteiger partial charge in [0, 0.05) is 39.5 Å². The number of hydrogen-bond donors (Lipinski definition) is 4. The third kappa shape index (κ3) is 6.87. The van der Waals surface area contributed by atoms with Gasteiger partial charge in [-0.2, -0.15) is 0 Å². The van der Waals surface area contributed by atoms with Gasteiger partial charge >= 0.3 is 12.1 Å². The number of aryl methyl sites for hydroxylation is 2. The molecule has 31 heavy (non-hydrogen) atoms. The maximum absolute atomic E-state index is 12.5. The minimum Gasteiger partial charge on any atom is -0.475 e. The Morgan fingerprint density at radius 3 is 2.35 bits per heavy atom. The van der Waals surface area contributed by atoms with Crippen molar-refractivity contribution < 1.29 is 29.0 Å². The van der Waals surface area contributed by atoms with E-state index in [0.717, 1.165) is 0 Å². The van der Waals surface area contributed by atoms with Gasteiger partial charge in [0.1, 0.15) is 11.3 Å². The lowest BCUT2D eigenvalue weighted by molar-refractivity contribution is -0.116. The summed E-state index contributed by atoms with van der Waals surface area (Å²) in [6.45, 7) is 5.30. The highest BCUT2D eigenvalue weighted by Crippen LogP contribution is 2.15. The Bertz CT molecular complexity index is 1000. The minimum absolute atomic E-state index is 0.0154. The molecule has 3 amide bonds.